The van der Waals surface area contributed by atoms with E-state index in [1.807, 2.05) is 5.32 Å². The second kappa shape index (κ2) is 5.20. The lowest BCUT2D eigenvalue weighted by molar-refractivity contribution is -0.138. The number of nitrogens with two attached hydrogens (primary N) is 1. The number of rotatable bonds is 1. The Hall–Kier alpha value is -2.62. The largest absolute Gasteiger partial charge is 0.417 e. The van der Waals surface area contributed by atoms with E-state index in [-0.39, 0.29) is 16.8 Å². The number of carbonyl (C=O) groups is 2. The van der Waals surface area contributed by atoms with E-state index in [1.54, 1.807) is 0 Å². The van der Waals surface area contributed by atoms with Gasteiger partial charge in [0, 0.05) is 6.07 Å². The zero-order chi connectivity index (χ0) is 17.8. The van der Waals surface area contributed by atoms with Gasteiger partial charge in [-0.05, 0) is 28.1 Å². The van der Waals surface area contributed by atoms with Gasteiger partial charge in [0.25, 0.3) is 17.4 Å². The van der Waals surface area contributed by atoms with Gasteiger partial charge in [0.15, 0.2) is 0 Å². The van der Waals surface area contributed by atoms with E-state index < -0.39 is 39.4 Å². The van der Waals surface area contributed by atoms with Crippen molar-refractivity contribution >= 4 is 33.6 Å². The molecular weight excluding hydrogens is 395 g/mol. The second-order valence-corrected chi connectivity index (χ2v) is 5.70. The molecule has 1 aromatic heterocycles. The molecule has 124 valence electrons. The maximum absolute atomic E-state index is 13.0. The first-order chi connectivity index (χ1) is 11.1. The molecule has 0 unspecified atom stereocenters. The molecule has 0 bridgehead atoms. The van der Waals surface area contributed by atoms with Gasteiger partial charge in [-0.1, -0.05) is 6.07 Å². The number of nitrogens with zero attached hydrogens (tertiary/aromatic N) is 1. The lowest BCUT2D eigenvalue weighted by Gasteiger charge is -2.16. The lowest BCUT2D eigenvalue weighted by Crippen LogP contribution is -2.25. The van der Waals surface area contributed by atoms with Gasteiger partial charge in [-0.25, -0.2) is 0 Å². The minimum Gasteiger partial charge on any atom is -0.384 e. The summed E-state index contributed by atoms with van der Waals surface area (Å²) in [7, 11) is 0. The number of hydrogen-bond acceptors (Lipinski definition) is 4. The molecule has 0 saturated heterocycles. The Morgan fingerprint density at radius 3 is 2.42 bits per heavy atom. The highest BCUT2D eigenvalue weighted by atomic mass is 79.9. The molecule has 0 fully saturated rings. The van der Waals surface area contributed by atoms with Crippen LogP contribution in [-0.2, 0) is 6.18 Å². The summed E-state index contributed by atoms with van der Waals surface area (Å²) in [6.45, 7) is 0. The molecule has 2 amide bonds. The van der Waals surface area contributed by atoms with Crippen LogP contribution < -0.4 is 16.6 Å². The Bertz CT molecular complexity index is 966. The van der Waals surface area contributed by atoms with Crippen molar-refractivity contribution in [3.63, 3.8) is 0 Å². The summed E-state index contributed by atoms with van der Waals surface area (Å²) >= 11 is 2.83. The highest BCUT2D eigenvalue weighted by molar-refractivity contribution is 9.10. The Labute approximate surface area is 140 Å². The summed E-state index contributed by atoms with van der Waals surface area (Å²) in [6.07, 6.45) is -4.66. The fourth-order valence-electron chi connectivity index (χ4n) is 2.44. The van der Waals surface area contributed by atoms with E-state index in [0.717, 1.165) is 22.8 Å². The average Bonchev–Trinajstić information content (AvgIpc) is 2.74. The van der Waals surface area contributed by atoms with Crippen LogP contribution in [0.5, 0.6) is 0 Å². The molecule has 0 radical (unpaired) electrons. The van der Waals surface area contributed by atoms with Crippen molar-refractivity contribution < 1.29 is 22.8 Å². The van der Waals surface area contributed by atoms with E-state index in [2.05, 4.69) is 15.9 Å². The summed E-state index contributed by atoms with van der Waals surface area (Å²) in [6, 6.07) is 4.03. The van der Waals surface area contributed by atoms with Crippen molar-refractivity contribution in [3.05, 3.63) is 55.8 Å². The molecule has 0 aliphatic carbocycles. The summed E-state index contributed by atoms with van der Waals surface area (Å²) in [4.78, 5) is 35.6. The number of pyridine rings is 1. The molecular formula is C14H7BrF3N3O3. The van der Waals surface area contributed by atoms with Gasteiger partial charge in [-0.3, -0.25) is 24.3 Å². The highest BCUT2D eigenvalue weighted by Gasteiger charge is 2.35. The molecule has 2 aromatic rings. The van der Waals surface area contributed by atoms with Gasteiger partial charge in [-0.2, -0.15) is 13.2 Å². The van der Waals surface area contributed by atoms with Crippen molar-refractivity contribution in [3.8, 4) is 5.69 Å². The molecule has 2 heterocycles. The van der Waals surface area contributed by atoms with Crippen molar-refractivity contribution in [2.45, 2.75) is 6.18 Å². The summed E-state index contributed by atoms with van der Waals surface area (Å²) in [5.74, 6) is -2.01. The number of nitrogen functional groups attached to an aromatic ring is 1. The molecule has 0 atom stereocenters. The molecule has 6 nitrogen and oxygen atoms in total. The van der Waals surface area contributed by atoms with Crippen LogP contribution in [0.4, 0.5) is 19.0 Å². The smallest absolute Gasteiger partial charge is 0.384 e. The minimum atomic E-state index is -4.66. The number of halogens is 4. The van der Waals surface area contributed by atoms with Crippen LogP contribution in [0.3, 0.4) is 0 Å². The number of fused-ring (bicyclic) bond motifs is 1. The van der Waals surface area contributed by atoms with Gasteiger partial charge in [0.05, 0.1) is 26.9 Å². The predicted octanol–water partition coefficient (Wildman–Crippen LogP) is 2.08. The normalized spacial score (nSPS) is 13.8. The monoisotopic (exact) mass is 401 g/mol. The van der Waals surface area contributed by atoms with Crippen LogP contribution in [0.2, 0.25) is 0 Å². The van der Waals surface area contributed by atoms with E-state index in [0.29, 0.717) is 0 Å². The third-order valence-electron chi connectivity index (χ3n) is 3.48. The Morgan fingerprint density at radius 2 is 1.79 bits per heavy atom. The molecule has 1 aliphatic heterocycles. The van der Waals surface area contributed by atoms with E-state index in [1.165, 1.54) is 6.07 Å². The number of anilines is 1. The molecule has 3 rings (SSSR count). The number of imide groups is 1. The van der Waals surface area contributed by atoms with E-state index >= 15 is 0 Å². The molecule has 1 aromatic carbocycles. The standard InChI is InChI=1S/C14H7BrF3N3O3/c15-10-6(14(16,17)18)2-1-3-7(10)21-8(22)4-5-9(11(21)19)13(24)20-12(5)23/h1-4H,19H2,(H,20,23,24). The Kier molecular flexibility index (Phi) is 3.52. The first kappa shape index (κ1) is 16.2. The number of carbonyl (C=O) groups excluding carboxylic acids is 2. The zero-order valence-corrected chi connectivity index (χ0v) is 13.2. The molecule has 1 aliphatic rings. The number of hydrogen-bond donors (Lipinski definition) is 2. The quantitative estimate of drug-likeness (QED) is 0.715. The van der Waals surface area contributed by atoms with Crippen molar-refractivity contribution in [1.29, 1.82) is 0 Å². The van der Waals surface area contributed by atoms with Gasteiger partial charge < -0.3 is 5.73 Å². The first-order valence-electron chi connectivity index (χ1n) is 6.40. The van der Waals surface area contributed by atoms with Crippen LogP contribution in [0, 0.1) is 0 Å². The molecule has 0 saturated carbocycles. The van der Waals surface area contributed by atoms with Crippen LogP contribution >= 0.6 is 15.9 Å². The van der Waals surface area contributed by atoms with Gasteiger partial charge in [0.2, 0.25) is 0 Å². The SMILES string of the molecule is Nc1c2c(cc(=O)n1-c1cccc(C(F)(F)F)c1Br)C(=O)NC2=O. The van der Waals surface area contributed by atoms with Crippen LogP contribution in [0.1, 0.15) is 26.3 Å². The van der Waals surface area contributed by atoms with Gasteiger partial charge in [-0.15, -0.1) is 0 Å². The minimum absolute atomic E-state index is 0.192. The van der Waals surface area contributed by atoms with Crippen LogP contribution in [0.15, 0.2) is 33.5 Å². The number of alkyl halides is 3. The fraction of sp³-hybridized carbons (Fsp3) is 0.0714. The molecule has 10 heteroatoms. The number of amides is 2. The Balaban J connectivity index is 2.34. The van der Waals surface area contributed by atoms with Crippen molar-refractivity contribution in [1.82, 2.24) is 9.88 Å². The Morgan fingerprint density at radius 1 is 1.12 bits per heavy atom. The third kappa shape index (κ3) is 2.30. The number of benzene rings is 1. The average molecular weight is 402 g/mol. The fourth-order valence-corrected chi connectivity index (χ4v) is 3.11. The predicted molar refractivity (Wildman–Crippen MR) is 81.0 cm³/mol. The lowest BCUT2D eigenvalue weighted by atomic mass is 10.1. The summed E-state index contributed by atoms with van der Waals surface area (Å²) in [5, 5.41) is 1.98. The highest BCUT2D eigenvalue weighted by Crippen LogP contribution is 2.38. The summed E-state index contributed by atoms with van der Waals surface area (Å²) in [5.41, 5.74) is 3.31. The topological polar surface area (TPSA) is 94.2 Å². The van der Waals surface area contributed by atoms with Crippen molar-refractivity contribution in [2.24, 2.45) is 0 Å². The number of nitrogens with one attached hydrogen (secondary N) is 1. The van der Waals surface area contributed by atoms with E-state index in [9.17, 15) is 27.6 Å². The molecule has 24 heavy (non-hydrogen) atoms. The van der Waals surface area contributed by atoms with Gasteiger partial charge >= 0.3 is 6.18 Å². The van der Waals surface area contributed by atoms with E-state index in [4.69, 9.17) is 5.73 Å². The number of aromatic nitrogens is 1. The van der Waals surface area contributed by atoms with Crippen LogP contribution in [0.25, 0.3) is 5.69 Å². The maximum Gasteiger partial charge on any atom is 0.417 e. The maximum atomic E-state index is 13.0. The molecule has 0 spiro atoms. The first-order valence-corrected chi connectivity index (χ1v) is 7.19. The third-order valence-corrected chi connectivity index (χ3v) is 4.31. The summed E-state index contributed by atoms with van der Waals surface area (Å²) < 4.78 is 39.4. The van der Waals surface area contributed by atoms with Gasteiger partial charge in [0.1, 0.15) is 5.82 Å². The van der Waals surface area contributed by atoms with Crippen molar-refractivity contribution in [2.75, 3.05) is 5.73 Å². The second-order valence-electron chi connectivity index (χ2n) is 4.91. The molecule has 3 N–H and O–H groups in total. The van der Waals surface area contributed by atoms with Crippen LogP contribution in [-0.4, -0.2) is 16.4 Å². The zero-order valence-electron chi connectivity index (χ0n) is 11.6.